The minimum Gasteiger partial charge on any atom is -0.492 e. The van der Waals surface area contributed by atoms with Crippen LogP contribution < -0.4 is 15.8 Å². The molecule has 0 aromatic heterocycles. The van der Waals surface area contributed by atoms with Crippen LogP contribution in [0.4, 0.5) is 5.69 Å². The predicted molar refractivity (Wildman–Crippen MR) is 103 cm³/mol. The van der Waals surface area contributed by atoms with Gasteiger partial charge in [-0.2, -0.15) is 0 Å². The van der Waals surface area contributed by atoms with Crippen LogP contribution in [-0.2, 0) is 11.2 Å². The van der Waals surface area contributed by atoms with E-state index in [-0.39, 0.29) is 11.9 Å². The Morgan fingerprint density at radius 1 is 1.42 bits per heavy atom. The average molecular weight is 382 g/mol. The zero-order valence-electron chi connectivity index (χ0n) is 15.4. The number of piperidine rings is 1. The number of unbranched alkanes of at least 4 members (excludes halogenated alkanes) is 1. The third-order valence-corrected chi connectivity index (χ3v) is 5.52. The van der Waals surface area contributed by atoms with E-state index in [2.05, 4.69) is 10.2 Å². The topological polar surface area (TPSA) is 76.8 Å². The number of ether oxygens (including phenoxy) is 2. The number of nitrogen functional groups attached to an aromatic ring is 1. The van der Waals surface area contributed by atoms with Gasteiger partial charge in [0.2, 0.25) is 0 Å². The average Bonchev–Trinajstić information content (AvgIpc) is 3.13. The summed E-state index contributed by atoms with van der Waals surface area (Å²) in [6.45, 7) is 4.48. The summed E-state index contributed by atoms with van der Waals surface area (Å²) < 4.78 is 10.7. The lowest BCUT2D eigenvalue weighted by atomic mass is 10.0. The highest BCUT2D eigenvalue weighted by molar-refractivity contribution is 6.33. The summed E-state index contributed by atoms with van der Waals surface area (Å²) in [6, 6.07) is 1.81. The Morgan fingerprint density at radius 2 is 2.19 bits per heavy atom. The number of nitrogens with one attached hydrogen (secondary N) is 1. The molecular formula is C19H28ClN3O3. The van der Waals surface area contributed by atoms with Crippen molar-refractivity contribution in [3.05, 3.63) is 22.2 Å². The number of anilines is 1. The molecule has 2 aliphatic heterocycles. The van der Waals surface area contributed by atoms with E-state index in [0.717, 1.165) is 57.5 Å². The first kappa shape index (κ1) is 19.3. The van der Waals surface area contributed by atoms with Crippen molar-refractivity contribution in [2.45, 2.75) is 38.1 Å². The van der Waals surface area contributed by atoms with Gasteiger partial charge in [0.15, 0.2) is 0 Å². The maximum atomic E-state index is 12.7. The molecule has 2 heterocycles. The minimum absolute atomic E-state index is 0.122. The number of hydrogen-bond donors (Lipinski definition) is 2. The number of benzene rings is 1. The SMILES string of the molecule is COCCCCN1CCC(NC(=O)c2cc(Cl)c(N)c3c2OCC3)CC1. The largest absolute Gasteiger partial charge is 0.492 e. The van der Waals surface area contributed by atoms with E-state index >= 15 is 0 Å². The first-order chi connectivity index (χ1) is 12.6. The normalized spacial score (nSPS) is 17.8. The highest BCUT2D eigenvalue weighted by Crippen LogP contribution is 2.38. The molecule has 0 spiro atoms. The van der Waals surface area contributed by atoms with Gasteiger partial charge < -0.3 is 25.4 Å². The van der Waals surface area contributed by atoms with Crippen LogP contribution in [-0.4, -0.2) is 56.8 Å². The second-order valence-electron chi connectivity index (χ2n) is 7.02. The number of amides is 1. The monoisotopic (exact) mass is 381 g/mol. The van der Waals surface area contributed by atoms with E-state index in [1.165, 1.54) is 0 Å². The number of rotatable bonds is 7. The molecule has 144 valence electrons. The Bertz CT molecular complexity index is 645. The highest BCUT2D eigenvalue weighted by Gasteiger charge is 2.27. The van der Waals surface area contributed by atoms with Crippen LogP contribution in [0.25, 0.3) is 0 Å². The smallest absolute Gasteiger partial charge is 0.255 e. The Kier molecular flexibility index (Phi) is 6.62. The van der Waals surface area contributed by atoms with Crippen LogP contribution in [0.3, 0.4) is 0 Å². The second kappa shape index (κ2) is 8.93. The molecule has 7 heteroatoms. The van der Waals surface area contributed by atoms with E-state index in [1.807, 2.05) is 0 Å². The zero-order chi connectivity index (χ0) is 18.5. The van der Waals surface area contributed by atoms with Gasteiger partial charge in [-0.1, -0.05) is 11.6 Å². The number of nitrogens with zero attached hydrogens (tertiary/aromatic N) is 1. The van der Waals surface area contributed by atoms with E-state index in [1.54, 1.807) is 13.2 Å². The lowest BCUT2D eigenvalue weighted by Crippen LogP contribution is -2.44. The number of carbonyl (C=O) groups is 1. The quantitative estimate of drug-likeness (QED) is 0.560. The molecule has 0 unspecified atom stereocenters. The van der Waals surface area contributed by atoms with Crippen molar-refractivity contribution in [3.63, 3.8) is 0 Å². The van der Waals surface area contributed by atoms with Crippen molar-refractivity contribution < 1.29 is 14.3 Å². The third kappa shape index (κ3) is 4.42. The van der Waals surface area contributed by atoms with Crippen LogP contribution in [0.2, 0.25) is 5.02 Å². The van der Waals surface area contributed by atoms with Gasteiger partial charge in [0.05, 0.1) is 22.9 Å². The summed E-state index contributed by atoms with van der Waals surface area (Å²) in [5.41, 5.74) is 7.88. The van der Waals surface area contributed by atoms with Crippen molar-refractivity contribution in [2.75, 3.05) is 45.7 Å². The summed E-state index contributed by atoms with van der Waals surface area (Å²) in [5, 5.41) is 3.56. The van der Waals surface area contributed by atoms with Crippen LogP contribution in [0.15, 0.2) is 6.07 Å². The molecule has 0 atom stereocenters. The van der Waals surface area contributed by atoms with Crippen LogP contribution in [0.1, 0.15) is 41.6 Å². The molecule has 3 N–H and O–H groups in total. The van der Waals surface area contributed by atoms with Gasteiger partial charge in [-0.15, -0.1) is 0 Å². The number of methoxy groups -OCH3 is 1. The lowest BCUT2D eigenvalue weighted by Gasteiger charge is -2.32. The van der Waals surface area contributed by atoms with Crippen molar-refractivity contribution in [2.24, 2.45) is 0 Å². The Balaban J connectivity index is 1.53. The fourth-order valence-electron chi connectivity index (χ4n) is 3.68. The molecule has 1 amide bonds. The molecular weight excluding hydrogens is 354 g/mol. The molecule has 1 fully saturated rings. The summed E-state index contributed by atoms with van der Waals surface area (Å²) >= 11 is 6.20. The van der Waals surface area contributed by atoms with Gasteiger partial charge in [0, 0.05) is 44.8 Å². The Hall–Kier alpha value is -1.50. The maximum absolute atomic E-state index is 12.7. The van der Waals surface area contributed by atoms with Gasteiger partial charge >= 0.3 is 0 Å². The fourth-order valence-corrected chi connectivity index (χ4v) is 3.90. The van der Waals surface area contributed by atoms with Crippen molar-refractivity contribution in [1.29, 1.82) is 0 Å². The van der Waals surface area contributed by atoms with Crippen molar-refractivity contribution >= 4 is 23.2 Å². The van der Waals surface area contributed by atoms with Gasteiger partial charge in [0.25, 0.3) is 5.91 Å². The number of fused-ring (bicyclic) bond motifs is 1. The fraction of sp³-hybridized carbons (Fsp3) is 0.632. The summed E-state index contributed by atoms with van der Waals surface area (Å²) in [6.07, 6.45) is 4.86. The standard InChI is InChI=1S/C19H28ClN3O3/c1-25-10-3-2-7-23-8-4-13(5-9-23)22-19(24)15-12-16(20)17(21)14-6-11-26-18(14)15/h12-13H,2-11,21H2,1H3,(H,22,24). The van der Waals surface area contributed by atoms with E-state index in [0.29, 0.717) is 35.1 Å². The summed E-state index contributed by atoms with van der Waals surface area (Å²) in [5.74, 6) is 0.476. The van der Waals surface area contributed by atoms with Gasteiger partial charge in [-0.3, -0.25) is 4.79 Å². The van der Waals surface area contributed by atoms with E-state index < -0.39 is 0 Å². The molecule has 1 saturated heterocycles. The molecule has 2 aliphatic rings. The zero-order valence-corrected chi connectivity index (χ0v) is 16.1. The van der Waals surface area contributed by atoms with Gasteiger partial charge in [-0.25, -0.2) is 0 Å². The predicted octanol–water partition coefficient (Wildman–Crippen LogP) is 2.48. The Morgan fingerprint density at radius 3 is 2.92 bits per heavy atom. The number of hydrogen-bond acceptors (Lipinski definition) is 5. The van der Waals surface area contributed by atoms with E-state index in [4.69, 9.17) is 26.8 Å². The van der Waals surface area contributed by atoms with Crippen LogP contribution >= 0.6 is 11.6 Å². The molecule has 1 aromatic rings. The van der Waals surface area contributed by atoms with Gasteiger partial charge in [0.1, 0.15) is 5.75 Å². The first-order valence-corrected chi connectivity index (χ1v) is 9.73. The summed E-state index contributed by atoms with van der Waals surface area (Å²) in [7, 11) is 1.74. The van der Waals surface area contributed by atoms with Gasteiger partial charge in [-0.05, 0) is 38.3 Å². The number of likely N-dealkylation sites (tertiary alicyclic amines) is 1. The van der Waals surface area contributed by atoms with Crippen molar-refractivity contribution in [3.8, 4) is 5.75 Å². The molecule has 0 saturated carbocycles. The molecule has 6 nitrogen and oxygen atoms in total. The first-order valence-electron chi connectivity index (χ1n) is 9.36. The number of halogens is 1. The van der Waals surface area contributed by atoms with Crippen molar-refractivity contribution in [1.82, 2.24) is 10.2 Å². The molecule has 1 aromatic carbocycles. The third-order valence-electron chi connectivity index (χ3n) is 5.21. The molecule has 0 bridgehead atoms. The second-order valence-corrected chi connectivity index (χ2v) is 7.42. The summed E-state index contributed by atoms with van der Waals surface area (Å²) in [4.78, 5) is 15.2. The molecule has 0 radical (unpaired) electrons. The van der Waals surface area contributed by atoms with Crippen LogP contribution in [0.5, 0.6) is 5.75 Å². The molecule has 26 heavy (non-hydrogen) atoms. The number of nitrogens with two attached hydrogens (primary N) is 1. The highest BCUT2D eigenvalue weighted by atomic mass is 35.5. The number of carbonyl (C=O) groups excluding carboxylic acids is 1. The minimum atomic E-state index is -0.122. The maximum Gasteiger partial charge on any atom is 0.255 e. The molecule has 0 aliphatic carbocycles. The van der Waals surface area contributed by atoms with E-state index in [9.17, 15) is 4.79 Å². The molecule has 3 rings (SSSR count). The lowest BCUT2D eigenvalue weighted by molar-refractivity contribution is 0.0906. The van der Waals surface area contributed by atoms with Crippen LogP contribution in [0, 0.1) is 0 Å². The Labute approximate surface area is 160 Å².